The third-order valence-corrected chi connectivity index (χ3v) is 3.55. The monoisotopic (exact) mass is 332 g/mol. The highest BCUT2D eigenvalue weighted by molar-refractivity contribution is 9.10. The van der Waals surface area contributed by atoms with Crippen molar-refractivity contribution in [2.75, 3.05) is 6.61 Å². The van der Waals surface area contributed by atoms with Crippen LogP contribution < -0.4 is 10.5 Å². The molecule has 1 aromatic carbocycles. The van der Waals surface area contributed by atoms with Crippen LogP contribution in [0, 0.1) is 11.2 Å². The van der Waals surface area contributed by atoms with Gasteiger partial charge >= 0.3 is 0 Å². The SMILES string of the molecule is CC(C)(CCCOc1cc(F)ccc1Br)/C(N)=N/O. The summed E-state index contributed by atoms with van der Waals surface area (Å²) in [5.74, 6) is 0.330. The van der Waals surface area contributed by atoms with E-state index in [1.165, 1.54) is 12.1 Å². The molecule has 0 aromatic heterocycles. The van der Waals surface area contributed by atoms with E-state index >= 15 is 0 Å². The van der Waals surface area contributed by atoms with Crippen molar-refractivity contribution in [2.45, 2.75) is 26.7 Å². The maximum Gasteiger partial charge on any atom is 0.144 e. The Morgan fingerprint density at radius 3 is 2.84 bits per heavy atom. The van der Waals surface area contributed by atoms with E-state index in [-0.39, 0.29) is 11.7 Å². The van der Waals surface area contributed by atoms with Crippen molar-refractivity contribution in [1.29, 1.82) is 0 Å². The molecule has 0 heterocycles. The summed E-state index contributed by atoms with van der Waals surface area (Å²) in [4.78, 5) is 0. The first kappa shape index (κ1) is 15.8. The summed E-state index contributed by atoms with van der Waals surface area (Å²) in [6.07, 6.45) is 1.42. The van der Waals surface area contributed by atoms with Gasteiger partial charge in [-0.3, -0.25) is 0 Å². The fraction of sp³-hybridized carbons (Fsp3) is 0.462. The van der Waals surface area contributed by atoms with Crippen molar-refractivity contribution in [2.24, 2.45) is 16.3 Å². The van der Waals surface area contributed by atoms with E-state index in [1.54, 1.807) is 6.07 Å². The average molecular weight is 333 g/mol. The molecule has 0 aliphatic carbocycles. The van der Waals surface area contributed by atoms with E-state index in [9.17, 15) is 4.39 Å². The molecular weight excluding hydrogens is 315 g/mol. The summed E-state index contributed by atoms with van der Waals surface area (Å²) in [5.41, 5.74) is 5.20. The molecule has 0 atom stereocenters. The fourth-order valence-corrected chi connectivity index (χ4v) is 1.91. The lowest BCUT2D eigenvalue weighted by Crippen LogP contribution is -2.32. The summed E-state index contributed by atoms with van der Waals surface area (Å²) in [5, 5.41) is 11.7. The first-order valence-electron chi connectivity index (χ1n) is 5.92. The summed E-state index contributed by atoms with van der Waals surface area (Å²) < 4.78 is 19.2. The van der Waals surface area contributed by atoms with Crippen LogP contribution in [0.15, 0.2) is 27.8 Å². The Balaban J connectivity index is 2.45. The van der Waals surface area contributed by atoms with Crippen molar-refractivity contribution in [3.8, 4) is 5.75 Å². The molecule has 1 aromatic rings. The number of hydrogen-bond donors (Lipinski definition) is 2. The number of halogens is 2. The maximum atomic E-state index is 13.0. The largest absolute Gasteiger partial charge is 0.492 e. The number of benzene rings is 1. The van der Waals surface area contributed by atoms with Crippen molar-refractivity contribution < 1.29 is 14.3 Å². The highest BCUT2D eigenvalue weighted by Gasteiger charge is 2.22. The van der Waals surface area contributed by atoms with Gasteiger partial charge in [-0.15, -0.1) is 0 Å². The third-order valence-electron chi connectivity index (χ3n) is 2.90. The predicted molar refractivity (Wildman–Crippen MR) is 76.0 cm³/mol. The zero-order valence-electron chi connectivity index (χ0n) is 11.0. The number of amidine groups is 1. The van der Waals surface area contributed by atoms with E-state index in [0.717, 1.165) is 0 Å². The Morgan fingerprint density at radius 2 is 2.21 bits per heavy atom. The highest BCUT2D eigenvalue weighted by Crippen LogP contribution is 2.27. The predicted octanol–water partition coefficient (Wildman–Crippen LogP) is 3.52. The zero-order chi connectivity index (χ0) is 14.5. The quantitative estimate of drug-likeness (QED) is 0.275. The minimum atomic E-state index is -0.392. The van der Waals surface area contributed by atoms with Crippen LogP contribution in [0.3, 0.4) is 0 Å². The normalized spacial score (nSPS) is 12.5. The third kappa shape index (κ3) is 4.70. The number of ether oxygens (including phenoxy) is 1. The summed E-state index contributed by atoms with van der Waals surface area (Å²) in [6.45, 7) is 4.21. The van der Waals surface area contributed by atoms with Gasteiger partial charge in [0, 0.05) is 11.5 Å². The molecule has 0 aliphatic heterocycles. The number of nitrogens with zero attached hydrogens (tertiary/aromatic N) is 1. The van der Waals surface area contributed by atoms with Gasteiger partial charge in [-0.25, -0.2) is 4.39 Å². The Labute approximate surface area is 120 Å². The van der Waals surface area contributed by atoms with Gasteiger partial charge in [0.2, 0.25) is 0 Å². The Kier molecular flexibility index (Phi) is 5.60. The zero-order valence-corrected chi connectivity index (χ0v) is 12.6. The van der Waals surface area contributed by atoms with Crippen LogP contribution in [0.5, 0.6) is 5.75 Å². The number of nitrogens with two attached hydrogens (primary N) is 1. The fourth-order valence-electron chi connectivity index (χ4n) is 1.55. The van der Waals surface area contributed by atoms with Gasteiger partial charge in [0.25, 0.3) is 0 Å². The number of rotatable bonds is 6. The molecule has 1 rings (SSSR count). The molecule has 106 valence electrons. The average Bonchev–Trinajstić information content (AvgIpc) is 2.37. The Hall–Kier alpha value is -1.30. The van der Waals surface area contributed by atoms with Gasteiger partial charge in [0.15, 0.2) is 0 Å². The molecule has 19 heavy (non-hydrogen) atoms. The van der Waals surface area contributed by atoms with Gasteiger partial charge in [0.05, 0.1) is 11.1 Å². The van der Waals surface area contributed by atoms with Gasteiger partial charge in [-0.05, 0) is 40.9 Å². The highest BCUT2D eigenvalue weighted by atomic mass is 79.9. The van der Waals surface area contributed by atoms with Crippen LogP contribution in [-0.2, 0) is 0 Å². The van der Waals surface area contributed by atoms with Crippen LogP contribution in [0.1, 0.15) is 26.7 Å². The van der Waals surface area contributed by atoms with Gasteiger partial charge < -0.3 is 15.7 Å². The lowest BCUT2D eigenvalue weighted by Gasteiger charge is -2.22. The molecule has 0 aliphatic rings. The molecule has 0 radical (unpaired) electrons. The molecule has 0 bridgehead atoms. The lowest BCUT2D eigenvalue weighted by molar-refractivity contribution is 0.276. The Bertz CT molecular complexity index is 464. The second-order valence-electron chi connectivity index (χ2n) is 4.90. The number of oxime groups is 1. The van der Waals surface area contributed by atoms with Gasteiger partial charge in [-0.2, -0.15) is 0 Å². The molecule has 4 nitrogen and oxygen atoms in total. The molecule has 0 amide bonds. The molecule has 0 saturated carbocycles. The lowest BCUT2D eigenvalue weighted by atomic mass is 9.87. The molecule has 3 N–H and O–H groups in total. The minimum absolute atomic E-state index is 0.194. The smallest absolute Gasteiger partial charge is 0.144 e. The van der Waals surface area contributed by atoms with Crippen molar-refractivity contribution in [1.82, 2.24) is 0 Å². The molecule has 6 heteroatoms. The first-order valence-corrected chi connectivity index (χ1v) is 6.72. The maximum absolute atomic E-state index is 13.0. The summed E-state index contributed by atoms with van der Waals surface area (Å²) in [6, 6.07) is 4.29. The Morgan fingerprint density at radius 1 is 1.53 bits per heavy atom. The van der Waals surface area contributed by atoms with Gasteiger partial charge in [-0.1, -0.05) is 19.0 Å². The van der Waals surface area contributed by atoms with Crippen molar-refractivity contribution in [3.63, 3.8) is 0 Å². The topological polar surface area (TPSA) is 67.8 Å². The molecule has 0 unspecified atom stereocenters. The first-order chi connectivity index (χ1) is 8.86. The summed E-state index contributed by atoms with van der Waals surface area (Å²) >= 11 is 3.29. The van der Waals surface area contributed by atoms with Crippen molar-refractivity contribution >= 4 is 21.8 Å². The van der Waals surface area contributed by atoms with Gasteiger partial charge in [0.1, 0.15) is 17.4 Å². The molecule has 0 saturated heterocycles. The van der Waals surface area contributed by atoms with E-state index in [2.05, 4.69) is 21.1 Å². The molecular formula is C13H18BrFN2O2. The standard InChI is InChI=1S/C13H18BrFN2O2/c1-13(2,12(16)17-18)6-3-7-19-11-8-9(15)4-5-10(11)14/h4-5,8,18H,3,6-7H2,1-2H3,(H2,16,17). The number of hydrogen-bond acceptors (Lipinski definition) is 3. The van der Waals surface area contributed by atoms with Crippen molar-refractivity contribution in [3.05, 3.63) is 28.5 Å². The second kappa shape index (κ2) is 6.75. The van der Waals surface area contributed by atoms with Crippen LogP contribution in [0.2, 0.25) is 0 Å². The molecule has 0 spiro atoms. The van der Waals surface area contributed by atoms with E-state index in [0.29, 0.717) is 29.7 Å². The molecule has 0 fully saturated rings. The summed E-state index contributed by atoms with van der Waals surface area (Å²) in [7, 11) is 0. The second-order valence-corrected chi connectivity index (χ2v) is 5.75. The van der Waals surface area contributed by atoms with Crippen LogP contribution in [-0.4, -0.2) is 17.6 Å². The van der Waals surface area contributed by atoms with E-state index in [1.807, 2.05) is 13.8 Å². The minimum Gasteiger partial charge on any atom is -0.492 e. The van der Waals surface area contributed by atoms with Crippen LogP contribution in [0.4, 0.5) is 4.39 Å². The van der Waals surface area contributed by atoms with E-state index < -0.39 is 5.41 Å². The van der Waals surface area contributed by atoms with Crippen LogP contribution >= 0.6 is 15.9 Å². The van der Waals surface area contributed by atoms with E-state index in [4.69, 9.17) is 15.7 Å². The van der Waals surface area contributed by atoms with Crippen LogP contribution in [0.25, 0.3) is 0 Å².